The van der Waals surface area contributed by atoms with Crippen molar-refractivity contribution in [1.82, 2.24) is 0 Å². The van der Waals surface area contributed by atoms with E-state index in [1.54, 1.807) is 7.11 Å². The van der Waals surface area contributed by atoms with Gasteiger partial charge in [0.2, 0.25) is 0 Å². The lowest BCUT2D eigenvalue weighted by Gasteiger charge is -2.42. The third kappa shape index (κ3) is 3.23. The predicted molar refractivity (Wildman–Crippen MR) is 83.8 cm³/mol. The normalized spacial score (nSPS) is 19.3. The standard InChI is InChI=1S/C17H27NO3/c1-5-21-17(6-8-20-9-7-17)16(18)15-13(3)10-12(2)11-14(15)19-4/h10-11,16H,5-9,18H2,1-4H3. The number of benzene rings is 1. The Morgan fingerprint density at radius 1 is 1.29 bits per heavy atom. The van der Waals surface area contributed by atoms with Gasteiger partial charge in [-0.1, -0.05) is 6.07 Å². The first-order chi connectivity index (χ1) is 10.0. The van der Waals surface area contributed by atoms with E-state index in [9.17, 15) is 0 Å². The molecule has 1 fully saturated rings. The molecular formula is C17H27NO3. The Labute approximate surface area is 127 Å². The van der Waals surface area contributed by atoms with Crippen molar-refractivity contribution >= 4 is 0 Å². The first-order valence-corrected chi connectivity index (χ1v) is 7.66. The summed E-state index contributed by atoms with van der Waals surface area (Å²) >= 11 is 0. The summed E-state index contributed by atoms with van der Waals surface area (Å²) in [6.07, 6.45) is 1.64. The van der Waals surface area contributed by atoms with Crippen LogP contribution in [0.25, 0.3) is 0 Å². The number of hydrogen-bond donors (Lipinski definition) is 1. The highest BCUT2D eigenvalue weighted by atomic mass is 16.5. The van der Waals surface area contributed by atoms with E-state index in [4.69, 9.17) is 19.9 Å². The van der Waals surface area contributed by atoms with Gasteiger partial charge in [0, 0.05) is 38.2 Å². The van der Waals surface area contributed by atoms with Crippen LogP contribution in [0.3, 0.4) is 0 Å². The molecule has 1 heterocycles. The van der Waals surface area contributed by atoms with E-state index in [1.807, 2.05) is 13.0 Å². The Morgan fingerprint density at radius 3 is 2.52 bits per heavy atom. The summed E-state index contributed by atoms with van der Waals surface area (Å²) < 4.78 is 17.2. The van der Waals surface area contributed by atoms with Crippen LogP contribution in [0.1, 0.15) is 42.5 Å². The van der Waals surface area contributed by atoms with Crippen LogP contribution in [0.5, 0.6) is 5.75 Å². The van der Waals surface area contributed by atoms with Gasteiger partial charge in [0.25, 0.3) is 0 Å². The van der Waals surface area contributed by atoms with Crippen molar-refractivity contribution in [3.8, 4) is 5.75 Å². The number of methoxy groups -OCH3 is 1. The molecule has 0 aliphatic carbocycles. The molecule has 1 saturated heterocycles. The van der Waals surface area contributed by atoms with Gasteiger partial charge in [-0.3, -0.25) is 0 Å². The quantitative estimate of drug-likeness (QED) is 0.907. The van der Waals surface area contributed by atoms with Crippen LogP contribution in [0.2, 0.25) is 0 Å². The number of ether oxygens (including phenoxy) is 3. The van der Waals surface area contributed by atoms with E-state index < -0.39 is 0 Å². The predicted octanol–water partition coefficient (Wildman–Crippen LogP) is 2.90. The van der Waals surface area contributed by atoms with E-state index in [1.165, 1.54) is 5.56 Å². The van der Waals surface area contributed by atoms with Crippen LogP contribution < -0.4 is 10.5 Å². The van der Waals surface area contributed by atoms with Crippen LogP contribution in [-0.4, -0.2) is 32.5 Å². The zero-order valence-electron chi connectivity index (χ0n) is 13.6. The van der Waals surface area contributed by atoms with Crippen molar-refractivity contribution < 1.29 is 14.2 Å². The van der Waals surface area contributed by atoms with Crippen LogP contribution in [-0.2, 0) is 9.47 Å². The molecule has 1 aromatic rings. The summed E-state index contributed by atoms with van der Waals surface area (Å²) in [5.74, 6) is 0.852. The molecule has 2 rings (SSSR count). The van der Waals surface area contributed by atoms with Crippen LogP contribution in [0.15, 0.2) is 12.1 Å². The van der Waals surface area contributed by atoms with Gasteiger partial charge in [0.05, 0.1) is 18.8 Å². The van der Waals surface area contributed by atoms with Gasteiger partial charge in [-0.25, -0.2) is 0 Å². The third-order valence-corrected chi connectivity index (χ3v) is 4.36. The smallest absolute Gasteiger partial charge is 0.124 e. The molecular weight excluding hydrogens is 266 g/mol. The topological polar surface area (TPSA) is 53.7 Å². The van der Waals surface area contributed by atoms with E-state index in [0.717, 1.165) is 29.7 Å². The van der Waals surface area contributed by atoms with Gasteiger partial charge in [-0.05, 0) is 38.0 Å². The molecule has 0 amide bonds. The third-order valence-electron chi connectivity index (χ3n) is 4.36. The number of nitrogens with two attached hydrogens (primary N) is 1. The molecule has 4 nitrogen and oxygen atoms in total. The fourth-order valence-electron chi connectivity index (χ4n) is 3.32. The van der Waals surface area contributed by atoms with Gasteiger partial charge < -0.3 is 19.9 Å². The highest BCUT2D eigenvalue weighted by molar-refractivity contribution is 5.46. The van der Waals surface area contributed by atoms with Gasteiger partial charge in [0.15, 0.2) is 0 Å². The maximum absolute atomic E-state index is 6.66. The van der Waals surface area contributed by atoms with Gasteiger partial charge in [-0.2, -0.15) is 0 Å². The summed E-state index contributed by atoms with van der Waals surface area (Å²) in [5, 5.41) is 0. The zero-order valence-corrected chi connectivity index (χ0v) is 13.6. The Balaban J connectivity index is 2.43. The minimum Gasteiger partial charge on any atom is -0.496 e. The highest BCUT2D eigenvalue weighted by Gasteiger charge is 2.41. The van der Waals surface area contributed by atoms with Crippen LogP contribution in [0.4, 0.5) is 0 Å². The van der Waals surface area contributed by atoms with Crippen molar-refractivity contribution in [3.63, 3.8) is 0 Å². The number of aryl methyl sites for hydroxylation is 2. The summed E-state index contributed by atoms with van der Waals surface area (Å²) in [6.45, 7) is 8.22. The molecule has 21 heavy (non-hydrogen) atoms. The fourth-order valence-corrected chi connectivity index (χ4v) is 3.32. The Kier molecular flexibility index (Phi) is 5.25. The Hall–Kier alpha value is -1.10. The molecule has 0 aromatic heterocycles. The van der Waals surface area contributed by atoms with E-state index in [2.05, 4.69) is 19.9 Å². The molecule has 2 N–H and O–H groups in total. The second kappa shape index (κ2) is 6.77. The molecule has 1 aliphatic rings. The number of hydrogen-bond acceptors (Lipinski definition) is 4. The molecule has 0 saturated carbocycles. The molecule has 0 spiro atoms. The van der Waals surface area contributed by atoms with Crippen LogP contribution in [0, 0.1) is 13.8 Å². The van der Waals surface area contributed by atoms with E-state index in [0.29, 0.717) is 19.8 Å². The van der Waals surface area contributed by atoms with Gasteiger partial charge in [-0.15, -0.1) is 0 Å². The van der Waals surface area contributed by atoms with E-state index in [-0.39, 0.29) is 11.6 Å². The average molecular weight is 293 g/mol. The molecule has 0 radical (unpaired) electrons. The Bertz CT molecular complexity index is 476. The largest absolute Gasteiger partial charge is 0.496 e. The van der Waals surface area contributed by atoms with Crippen molar-refractivity contribution in [2.45, 2.75) is 45.3 Å². The molecule has 1 unspecified atom stereocenters. The molecule has 0 bridgehead atoms. The monoisotopic (exact) mass is 293 g/mol. The maximum Gasteiger partial charge on any atom is 0.124 e. The fraction of sp³-hybridized carbons (Fsp3) is 0.647. The molecule has 118 valence electrons. The molecule has 1 aliphatic heterocycles. The van der Waals surface area contributed by atoms with Gasteiger partial charge >= 0.3 is 0 Å². The zero-order chi connectivity index (χ0) is 15.5. The van der Waals surface area contributed by atoms with Crippen LogP contribution >= 0.6 is 0 Å². The highest BCUT2D eigenvalue weighted by Crippen LogP contribution is 2.41. The first-order valence-electron chi connectivity index (χ1n) is 7.66. The molecule has 1 aromatic carbocycles. The second-order valence-corrected chi connectivity index (χ2v) is 5.79. The second-order valence-electron chi connectivity index (χ2n) is 5.79. The van der Waals surface area contributed by atoms with E-state index >= 15 is 0 Å². The molecule has 4 heteroatoms. The minimum atomic E-state index is -0.361. The lowest BCUT2D eigenvalue weighted by Crippen LogP contribution is -2.48. The minimum absolute atomic E-state index is 0.211. The average Bonchev–Trinajstić information content (AvgIpc) is 2.47. The lowest BCUT2D eigenvalue weighted by atomic mass is 9.80. The summed E-state index contributed by atoms with van der Waals surface area (Å²) in [7, 11) is 1.70. The SMILES string of the molecule is CCOC1(C(N)c2c(C)cc(C)cc2OC)CCOCC1. The summed E-state index contributed by atoms with van der Waals surface area (Å²) in [6, 6.07) is 3.98. The molecule has 1 atom stereocenters. The van der Waals surface area contributed by atoms with Crippen molar-refractivity contribution in [2.24, 2.45) is 5.73 Å². The summed E-state index contributed by atoms with van der Waals surface area (Å²) in [5.41, 5.74) is 9.69. The van der Waals surface area contributed by atoms with Crippen molar-refractivity contribution in [1.29, 1.82) is 0 Å². The first kappa shape index (κ1) is 16.3. The van der Waals surface area contributed by atoms with Crippen molar-refractivity contribution in [2.75, 3.05) is 26.9 Å². The Morgan fingerprint density at radius 2 is 1.95 bits per heavy atom. The maximum atomic E-state index is 6.66. The lowest BCUT2D eigenvalue weighted by molar-refractivity contribution is -0.122. The summed E-state index contributed by atoms with van der Waals surface area (Å²) in [4.78, 5) is 0. The number of rotatable bonds is 5. The van der Waals surface area contributed by atoms with Gasteiger partial charge in [0.1, 0.15) is 5.75 Å². The van der Waals surface area contributed by atoms with Crippen molar-refractivity contribution in [3.05, 3.63) is 28.8 Å².